The van der Waals surface area contributed by atoms with Crippen LogP contribution in [0.4, 0.5) is 5.69 Å². The lowest BCUT2D eigenvalue weighted by molar-refractivity contribution is -0.136. The first-order valence-corrected chi connectivity index (χ1v) is 8.02. The molecule has 132 valence electrons. The molecule has 25 heavy (non-hydrogen) atoms. The molecule has 2 rings (SSSR count). The largest absolute Gasteiger partial charge is 0.452 e. The molecule has 0 spiro atoms. The maximum absolute atomic E-state index is 12.0. The molecule has 0 unspecified atom stereocenters. The van der Waals surface area contributed by atoms with Gasteiger partial charge in [0.2, 0.25) is 5.91 Å². The molecule has 1 aliphatic heterocycles. The van der Waals surface area contributed by atoms with Gasteiger partial charge in [-0.3, -0.25) is 9.59 Å². The SMILES string of the molecule is CN(C(=O)COC(=O)c1ccc(N2CCCC2=O)cc1)C(C)(C)C#N. The molecule has 2 amide bonds. The van der Waals surface area contributed by atoms with Crippen molar-refractivity contribution in [3.05, 3.63) is 29.8 Å². The van der Waals surface area contributed by atoms with Crippen molar-refractivity contribution in [1.29, 1.82) is 5.26 Å². The molecule has 0 atom stereocenters. The average molecular weight is 343 g/mol. The fourth-order valence-electron chi connectivity index (χ4n) is 2.39. The zero-order chi connectivity index (χ0) is 18.6. The van der Waals surface area contributed by atoms with Gasteiger partial charge in [-0.05, 0) is 44.5 Å². The molecule has 0 radical (unpaired) electrons. The number of likely N-dealkylation sites (N-methyl/N-ethyl adjacent to an activating group) is 1. The quantitative estimate of drug-likeness (QED) is 0.759. The Balaban J connectivity index is 1.94. The Hall–Kier alpha value is -2.88. The lowest BCUT2D eigenvalue weighted by atomic mass is 10.1. The van der Waals surface area contributed by atoms with E-state index in [2.05, 4.69) is 0 Å². The number of amides is 2. The highest BCUT2D eigenvalue weighted by atomic mass is 16.5. The van der Waals surface area contributed by atoms with Gasteiger partial charge in [-0.15, -0.1) is 0 Å². The van der Waals surface area contributed by atoms with Crippen LogP contribution in [-0.4, -0.2) is 48.4 Å². The second-order valence-electron chi connectivity index (χ2n) is 6.40. The number of nitrogens with zero attached hydrogens (tertiary/aromatic N) is 3. The van der Waals surface area contributed by atoms with E-state index in [4.69, 9.17) is 10.00 Å². The molecule has 1 aliphatic rings. The van der Waals surface area contributed by atoms with Gasteiger partial charge in [-0.1, -0.05) is 0 Å². The molecule has 0 saturated carbocycles. The average Bonchev–Trinajstić information content (AvgIpc) is 3.04. The number of carbonyl (C=O) groups is 3. The summed E-state index contributed by atoms with van der Waals surface area (Å²) in [6.07, 6.45) is 1.37. The lowest BCUT2D eigenvalue weighted by Crippen LogP contribution is -2.45. The third kappa shape index (κ3) is 4.15. The predicted molar refractivity (Wildman–Crippen MR) is 90.8 cm³/mol. The number of ether oxygens (including phenoxy) is 1. The van der Waals surface area contributed by atoms with Crippen LogP contribution in [0.25, 0.3) is 0 Å². The standard InChI is InChI=1S/C18H21N3O4/c1-18(2,12-19)20(3)16(23)11-25-17(24)13-6-8-14(9-7-13)21-10-4-5-15(21)22/h6-9H,4-5,10-11H2,1-3H3. The Morgan fingerprint density at radius 2 is 1.96 bits per heavy atom. The normalized spacial score (nSPS) is 14.2. The summed E-state index contributed by atoms with van der Waals surface area (Å²) in [5.74, 6) is -1.01. The number of benzene rings is 1. The minimum absolute atomic E-state index is 0.0732. The molecule has 0 N–H and O–H groups in total. The number of nitriles is 1. The van der Waals surface area contributed by atoms with E-state index in [0.717, 1.165) is 12.1 Å². The summed E-state index contributed by atoms with van der Waals surface area (Å²) in [6, 6.07) is 8.52. The van der Waals surface area contributed by atoms with Crippen molar-refractivity contribution in [2.45, 2.75) is 32.2 Å². The summed E-state index contributed by atoms with van der Waals surface area (Å²) >= 11 is 0. The van der Waals surface area contributed by atoms with Gasteiger partial charge in [-0.25, -0.2) is 4.79 Å². The predicted octanol–water partition coefficient (Wildman–Crippen LogP) is 1.73. The van der Waals surface area contributed by atoms with Crippen molar-refractivity contribution in [3.8, 4) is 6.07 Å². The van der Waals surface area contributed by atoms with Crippen LogP contribution in [-0.2, 0) is 14.3 Å². The topological polar surface area (TPSA) is 90.7 Å². The second kappa shape index (κ2) is 7.34. The van der Waals surface area contributed by atoms with Crippen molar-refractivity contribution in [2.24, 2.45) is 0 Å². The molecule has 0 bridgehead atoms. The van der Waals surface area contributed by atoms with Crippen molar-refractivity contribution in [3.63, 3.8) is 0 Å². The number of carbonyl (C=O) groups excluding carboxylic acids is 3. The van der Waals surface area contributed by atoms with E-state index in [1.807, 2.05) is 6.07 Å². The fourth-order valence-corrected chi connectivity index (χ4v) is 2.39. The van der Waals surface area contributed by atoms with Crippen molar-refractivity contribution in [2.75, 3.05) is 25.1 Å². The van der Waals surface area contributed by atoms with E-state index in [1.54, 1.807) is 43.0 Å². The summed E-state index contributed by atoms with van der Waals surface area (Å²) in [5, 5.41) is 9.02. The molecule has 7 heteroatoms. The summed E-state index contributed by atoms with van der Waals surface area (Å²) in [4.78, 5) is 38.7. The number of anilines is 1. The van der Waals surface area contributed by atoms with Crippen LogP contribution >= 0.6 is 0 Å². The Morgan fingerprint density at radius 1 is 1.32 bits per heavy atom. The minimum Gasteiger partial charge on any atom is -0.452 e. The van der Waals surface area contributed by atoms with Gasteiger partial charge in [-0.2, -0.15) is 5.26 Å². The third-order valence-electron chi connectivity index (χ3n) is 4.30. The number of rotatable bonds is 5. The smallest absolute Gasteiger partial charge is 0.338 e. The first-order valence-electron chi connectivity index (χ1n) is 8.02. The lowest BCUT2D eigenvalue weighted by Gasteiger charge is -2.28. The molecule has 1 saturated heterocycles. The maximum Gasteiger partial charge on any atom is 0.338 e. The Morgan fingerprint density at radius 3 is 2.48 bits per heavy atom. The minimum atomic E-state index is -0.979. The molecule has 0 aromatic heterocycles. The molecule has 1 aromatic rings. The van der Waals surface area contributed by atoms with Crippen LogP contribution in [0.2, 0.25) is 0 Å². The van der Waals surface area contributed by atoms with Crippen LogP contribution in [0, 0.1) is 11.3 Å². The van der Waals surface area contributed by atoms with Crippen LogP contribution < -0.4 is 4.90 Å². The monoisotopic (exact) mass is 343 g/mol. The first kappa shape index (κ1) is 18.5. The van der Waals surface area contributed by atoms with E-state index >= 15 is 0 Å². The summed E-state index contributed by atoms with van der Waals surface area (Å²) < 4.78 is 5.02. The van der Waals surface area contributed by atoms with Gasteiger partial charge in [0.15, 0.2) is 6.61 Å². The van der Waals surface area contributed by atoms with Gasteiger partial charge in [0.1, 0.15) is 5.54 Å². The molecule has 1 aromatic carbocycles. The highest BCUT2D eigenvalue weighted by Gasteiger charge is 2.28. The second-order valence-corrected chi connectivity index (χ2v) is 6.40. The van der Waals surface area contributed by atoms with E-state index in [0.29, 0.717) is 18.5 Å². The van der Waals surface area contributed by atoms with E-state index in [1.165, 1.54) is 11.9 Å². The van der Waals surface area contributed by atoms with Gasteiger partial charge < -0.3 is 14.5 Å². The van der Waals surface area contributed by atoms with Crippen molar-refractivity contribution >= 4 is 23.5 Å². The highest BCUT2D eigenvalue weighted by Crippen LogP contribution is 2.21. The van der Waals surface area contributed by atoms with Crippen LogP contribution in [0.15, 0.2) is 24.3 Å². The molecule has 0 aliphatic carbocycles. The van der Waals surface area contributed by atoms with Crippen LogP contribution in [0.5, 0.6) is 0 Å². The number of hydrogen-bond donors (Lipinski definition) is 0. The van der Waals surface area contributed by atoms with E-state index in [9.17, 15) is 14.4 Å². The Bertz CT molecular complexity index is 719. The molecule has 1 fully saturated rings. The molecule has 1 heterocycles. The van der Waals surface area contributed by atoms with Crippen molar-refractivity contribution in [1.82, 2.24) is 4.90 Å². The zero-order valence-electron chi connectivity index (χ0n) is 14.6. The Labute approximate surface area is 146 Å². The number of esters is 1. The summed E-state index contributed by atoms with van der Waals surface area (Å²) in [7, 11) is 1.49. The van der Waals surface area contributed by atoms with Crippen LogP contribution in [0.1, 0.15) is 37.0 Å². The Kier molecular flexibility index (Phi) is 5.42. The first-order chi connectivity index (χ1) is 11.8. The van der Waals surface area contributed by atoms with Gasteiger partial charge >= 0.3 is 5.97 Å². The van der Waals surface area contributed by atoms with Gasteiger partial charge in [0, 0.05) is 25.7 Å². The van der Waals surface area contributed by atoms with Gasteiger partial charge in [0.25, 0.3) is 5.91 Å². The molecular weight excluding hydrogens is 322 g/mol. The van der Waals surface area contributed by atoms with E-state index < -0.39 is 24.0 Å². The molecular formula is C18H21N3O4. The highest BCUT2D eigenvalue weighted by molar-refractivity contribution is 5.96. The van der Waals surface area contributed by atoms with Gasteiger partial charge in [0.05, 0.1) is 11.6 Å². The summed E-state index contributed by atoms with van der Waals surface area (Å²) in [6.45, 7) is 3.45. The van der Waals surface area contributed by atoms with Crippen LogP contribution in [0.3, 0.4) is 0 Å². The third-order valence-corrected chi connectivity index (χ3v) is 4.30. The molecule has 7 nitrogen and oxygen atoms in total. The maximum atomic E-state index is 12.0. The number of hydrogen-bond acceptors (Lipinski definition) is 5. The fraction of sp³-hybridized carbons (Fsp3) is 0.444. The van der Waals surface area contributed by atoms with Crippen molar-refractivity contribution < 1.29 is 19.1 Å². The summed E-state index contributed by atoms with van der Waals surface area (Å²) in [5.41, 5.74) is 0.0592. The zero-order valence-corrected chi connectivity index (χ0v) is 14.6. The van der Waals surface area contributed by atoms with E-state index in [-0.39, 0.29) is 5.91 Å².